The van der Waals surface area contributed by atoms with Gasteiger partial charge in [0.25, 0.3) is 11.8 Å². The van der Waals surface area contributed by atoms with E-state index in [9.17, 15) is 14.4 Å². The van der Waals surface area contributed by atoms with Crippen LogP contribution in [-0.4, -0.2) is 23.5 Å². The predicted molar refractivity (Wildman–Crippen MR) is 184 cm³/mol. The summed E-state index contributed by atoms with van der Waals surface area (Å²) in [6.07, 6.45) is 1.45. The number of hydrogen-bond acceptors (Lipinski definition) is 4. The van der Waals surface area contributed by atoms with Crippen molar-refractivity contribution in [1.29, 1.82) is 0 Å². The Morgan fingerprint density at radius 2 is 1.20 bits per heavy atom. The quantitative estimate of drug-likeness (QED) is 0.117. The van der Waals surface area contributed by atoms with Crippen LogP contribution in [0.1, 0.15) is 15.9 Å². The molecule has 0 heterocycles. The van der Waals surface area contributed by atoms with Crippen LogP contribution in [0.3, 0.4) is 0 Å². The molecule has 0 aromatic heterocycles. The van der Waals surface area contributed by atoms with Gasteiger partial charge in [0.2, 0.25) is 5.91 Å². The van der Waals surface area contributed by atoms with Gasteiger partial charge in [-0.15, -0.1) is 11.8 Å². The molecule has 0 aliphatic carbocycles. The lowest BCUT2D eigenvalue weighted by Gasteiger charge is -2.23. The molecule has 5 aromatic carbocycles. The number of nitrogens with one attached hydrogen (secondary N) is 2. The number of amides is 3. The van der Waals surface area contributed by atoms with Gasteiger partial charge < -0.3 is 10.6 Å². The van der Waals surface area contributed by atoms with Crippen molar-refractivity contribution in [3.05, 3.63) is 160 Å². The number of anilines is 3. The Morgan fingerprint density at radius 3 is 1.76 bits per heavy atom. The van der Waals surface area contributed by atoms with Gasteiger partial charge >= 0.3 is 0 Å². The molecular weight excluding hydrogens is 625 g/mol. The van der Waals surface area contributed by atoms with Crippen LogP contribution in [0.5, 0.6) is 0 Å². The number of hydrogen-bond donors (Lipinski definition) is 2. The summed E-state index contributed by atoms with van der Waals surface area (Å²) >= 11 is 14.1. The molecule has 6 nitrogen and oxygen atoms in total. The smallest absolute Gasteiger partial charge is 0.272 e. The third kappa shape index (κ3) is 8.42. The molecular formula is C36H27Cl2N3O3S. The monoisotopic (exact) mass is 651 g/mol. The van der Waals surface area contributed by atoms with E-state index in [2.05, 4.69) is 10.6 Å². The maximum absolute atomic E-state index is 13.4. The molecule has 0 unspecified atom stereocenters. The highest BCUT2D eigenvalue weighted by Crippen LogP contribution is 2.29. The molecule has 3 amide bonds. The van der Waals surface area contributed by atoms with E-state index >= 15 is 0 Å². The fourth-order valence-corrected chi connectivity index (χ4v) is 5.62. The predicted octanol–water partition coefficient (Wildman–Crippen LogP) is 8.86. The minimum absolute atomic E-state index is 0.0372. The molecule has 0 radical (unpaired) electrons. The molecule has 45 heavy (non-hydrogen) atoms. The molecule has 0 fully saturated rings. The summed E-state index contributed by atoms with van der Waals surface area (Å²) in [7, 11) is 0. The second kappa shape index (κ2) is 15.3. The number of benzene rings is 5. The fraction of sp³-hybridized carbons (Fsp3) is 0.0278. The van der Waals surface area contributed by atoms with Gasteiger partial charge in [0, 0.05) is 43.1 Å². The van der Waals surface area contributed by atoms with Crippen LogP contribution in [0.2, 0.25) is 10.0 Å². The summed E-state index contributed by atoms with van der Waals surface area (Å²) in [6.45, 7) is 0. The van der Waals surface area contributed by atoms with E-state index in [0.717, 1.165) is 16.3 Å². The van der Waals surface area contributed by atoms with Gasteiger partial charge in [-0.25, -0.2) is 0 Å². The van der Waals surface area contributed by atoms with Gasteiger partial charge in [-0.2, -0.15) is 0 Å². The summed E-state index contributed by atoms with van der Waals surface area (Å²) in [5.74, 6) is -0.896. The Hall–Kier alpha value is -4.82. The molecule has 0 bridgehead atoms. The maximum Gasteiger partial charge on any atom is 0.272 e. The van der Waals surface area contributed by atoms with Crippen LogP contribution in [0.15, 0.2) is 144 Å². The standard InChI is InChI=1S/C36H27Cl2N3O3S/c37-31-17-10-18-32(38)30(31)23-33(40-35(43)25-11-4-1-5-12-25)36(44)39-26-19-21-29(22-20-26)45-24-34(42)41(27-13-6-2-7-14-27)28-15-8-3-9-16-28/h1-23H,24H2,(H,39,44)(H,40,43)/b33-23-. The van der Waals surface area contributed by atoms with Crippen molar-refractivity contribution in [3.8, 4) is 0 Å². The van der Waals surface area contributed by atoms with Gasteiger partial charge in [-0.05, 0) is 78.9 Å². The van der Waals surface area contributed by atoms with Crippen LogP contribution in [0.4, 0.5) is 17.1 Å². The van der Waals surface area contributed by atoms with Crippen molar-refractivity contribution in [3.63, 3.8) is 0 Å². The third-order valence-electron chi connectivity index (χ3n) is 6.57. The lowest BCUT2D eigenvalue weighted by molar-refractivity contribution is -0.115. The first-order valence-corrected chi connectivity index (χ1v) is 15.6. The first-order chi connectivity index (χ1) is 21.9. The number of carbonyl (C=O) groups excluding carboxylic acids is 3. The second-order valence-corrected chi connectivity index (χ2v) is 11.5. The summed E-state index contributed by atoms with van der Waals surface area (Å²) in [5, 5.41) is 6.16. The van der Waals surface area contributed by atoms with E-state index in [4.69, 9.17) is 23.2 Å². The van der Waals surface area contributed by atoms with Crippen LogP contribution in [0, 0.1) is 0 Å². The normalized spacial score (nSPS) is 11.0. The van der Waals surface area contributed by atoms with E-state index < -0.39 is 11.8 Å². The highest BCUT2D eigenvalue weighted by atomic mass is 35.5. The zero-order valence-corrected chi connectivity index (χ0v) is 26.2. The topological polar surface area (TPSA) is 78.5 Å². The van der Waals surface area contributed by atoms with Gasteiger partial charge in [-0.1, -0.05) is 83.9 Å². The Morgan fingerprint density at radius 1 is 0.667 bits per heavy atom. The molecule has 0 atom stereocenters. The Labute approximate surface area is 275 Å². The van der Waals surface area contributed by atoms with E-state index in [1.54, 1.807) is 65.6 Å². The molecule has 5 aromatic rings. The second-order valence-electron chi connectivity index (χ2n) is 9.68. The first kappa shape index (κ1) is 31.6. The van der Waals surface area contributed by atoms with Crippen molar-refractivity contribution in [2.24, 2.45) is 0 Å². The van der Waals surface area contributed by atoms with E-state index in [0.29, 0.717) is 26.9 Å². The molecule has 224 valence electrons. The lowest BCUT2D eigenvalue weighted by atomic mass is 10.1. The first-order valence-electron chi connectivity index (χ1n) is 13.9. The Kier molecular flexibility index (Phi) is 10.7. The molecule has 2 N–H and O–H groups in total. The summed E-state index contributed by atoms with van der Waals surface area (Å²) in [5.41, 5.74) is 2.81. The average Bonchev–Trinajstić information content (AvgIpc) is 3.07. The van der Waals surface area contributed by atoms with E-state index in [1.165, 1.54) is 17.8 Å². The summed E-state index contributed by atoms with van der Waals surface area (Å²) < 4.78 is 0. The van der Waals surface area contributed by atoms with Crippen molar-refractivity contribution in [2.45, 2.75) is 4.90 Å². The molecule has 0 saturated heterocycles. The SMILES string of the molecule is O=C(Nc1ccc(SCC(=O)N(c2ccccc2)c2ccccc2)cc1)/C(=C/c1c(Cl)cccc1Cl)NC(=O)c1ccccc1. The highest BCUT2D eigenvalue weighted by molar-refractivity contribution is 8.00. The molecule has 0 aliphatic heterocycles. The Balaban J connectivity index is 1.29. The zero-order valence-electron chi connectivity index (χ0n) is 23.8. The third-order valence-corrected chi connectivity index (χ3v) is 8.23. The van der Waals surface area contributed by atoms with Crippen LogP contribution < -0.4 is 15.5 Å². The molecule has 5 rings (SSSR count). The number of carbonyl (C=O) groups is 3. The Bertz CT molecular complexity index is 1760. The number of halogens is 2. The minimum Gasteiger partial charge on any atom is -0.321 e. The molecule has 0 saturated carbocycles. The zero-order chi connectivity index (χ0) is 31.6. The van der Waals surface area contributed by atoms with Crippen molar-refractivity contribution in [2.75, 3.05) is 16.0 Å². The maximum atomic E-state index is 13.4. The van der Waals surface area contributed by atoms with Crippen LogP contribution >= 0.6 is 35.0 Å². The van der Waals surface area contributed by atoms with Crippen molar-refractivity contribution < 1.29 is 14.4 Å². The van der Waals surface area contributed by atoms with Gasteiger partial charge in [0.15, 0.2) is 0 Å². The van der Waals surface area contributed by atoms with Crippen LogP contribution in [0.25, 0.3) is 6.08 Å². The van der Waals surface area contributed by atoms with E-state index in [-0.39, 0.29) is 17.4 Å². The highest BCUT2D eigenvalue weighted by Gasteiger charge is 2.19. The van der Waals surface area contributed by atoms with Gasteiger partial charge in [0.05, 0.1) is 5.75 Å². The number of thioether (sulfide) groups is 1. The van der Waals surface area contributed by atoms with Gasteiger partial charge in [0.1, 0.15) is 5.70 Å². The van der Waals surface area contributed by atoms with E-state index in [1.807, 2.05) is 72.8 Å². The van der Waals surface area contributed by atoms with Crippen molar-refractivity contribution >= 4 is 75.8 Å². The number of nitrogens with zero attached hydrogens (tertiary/aromatic N) is 1. The lowest BCUT2D eigenvalue weighted by Crippen LogP contribution is -2.30. The number of para-hydroxylation sites is 2. The van der Waals surface area contributed by atoms with Crippen LogP contribution in [-0.2, 0) is 9.59 Å². The van der Waals surface area contributed by atoms with Gasteiger partial charge in [-0.3, -0.25) is 19.3 Å². The summed E-state index contributed by atoms with van der Waals surface area (Å²) in [6, 6.07) is 39.7. The molecule has 0 aliphatic rings. The molecule has 9 heteroatoms. The van der Waals surface area contributed by atoms with Crippen molar-refractivity contribution in [1.82, 2.24) is 5.32 Å². The summed E-state index contributed by atoms with van der Waals surface area (Å²) in [4.78, 5) is 42.3. The number of rotatable bonds is 10. The largest absolute Gasteiger partial charge is 0.321 e. The average molecular weight is 653 g/mol. The molecule has 0 spiro atoms. The fourth-order valence-electron chi connectivity index (χ4n) is 4.37. The minimum atomic E-state index is -0.563.